The summed E-state index contributed by atoms with van der Waals surface area (Å²) in [5.41, 5.74) is 0. The quantitative estimate of drug-likeness (QED) is 0.829. The van der Waals surface area contributed by atoms with Crippen molar-refractivity contribution in [2.75, 3.05) is 0 Å². The Morgan fingerprint density at radius 2 is 2.19 bits per heavy atom. The fourth-order valence-electron chi connectivity index (χ4n) is 2.81. The van der Waals surface area contributed by atoms with Crippen LogP contribution in [0.4, 0.5) is 0 Å². The van der Waals surface area contributed by atoms with E-state index >= 15 is 0 Å². The molecule has 2 atom stereocenters. The molecule has 1 saturated carbocycles. The first-order chi connectivity index (χ1) is 9.88. The smallest absolute Gasteiger partial charge is 0.270 e. The minimum atomic E-state index is -3.70. The maximum Gasteiger partial charge on any atom is 0.270 e. The second-order valence-corrected chi connectivity index (χ2v) is 9.50. The van der Waals surface area contributed by atoms with E-state index in [1.54, 1.807) is 6.07 Å². The van der Waals surface area contributed by atoms with Crippen LogP contribution in [-0.4, -0.2) is 20.4 Å². The Kier molecular flexibility index (Phi) is 5.68. The van der Waals surface area contributed by atoms with Crippen LogP contribution in [0, 0.1) is 5.92 Å². The van der Waals surface area contributed by atoms with E-state index in [4.69, 9.17) is 10.7 Å². The van der Waals surface area contributed by atoms with E-state index in [9.17, 15) is 13.2 Å². The van der Waals surface area contributed by atoms with Gasteiger partial charge in [0.15, 0.2) is 0 Å². The first-order valence-corrected chi connectivity index (χ1v) is 10.3. The first-order valence-electron chi connectivity index (χ1n) is 7.21. The average molecular weight is 350 g/mol. The van der Waals surface area contributed by atoms with Crippen LogP contribution >= 0.6 is 22.0 Å². The molecule has 1 aromatic heterocycles. The van der Waals surface area contributed by atoms with E-state index in [0.717, 1.165) is 41.9 Å². The Morgan fingerprint density at radius 1 is 1.43 bits per heavy atom. The van der Waals surface area contributed by atoms with Crippen molar-refractivity contribution >= 4 is 37.0 Å². The predicted octanol–water partition coefficient (Wildman–Crippen LogP) is 3.30. The second-order valence-electron chi connectivity index (χ2n) is 5.54. The van der Waals surface area contributed by atoms with Crippen LogP contribution in [0.15, 0.2) is 16.3 Å². The summed E-state index contributed by atoms with van der Waals surface area (Å²) < 4.78 is 22.5. The van der Waals surface area contributed by atoms with Crippen molar-refractivity contribution < 1.29 is 13.2 Å². The van der Waals surface area contributed by atoms with Crippen LogP contribution in [0.2, 0.25) is 0 Å². The van der Waals surface area contributed by atoms with E-state index in [1.165, 1.54) is 12.5 Å². The molecule has 7 heteroatoms. The standard InChI is InChI=1S/C14H20ClNO3S2/c1-2-10-4-3-5-11(8-10)16-13(17)9-12-6-7-14(20-12)21(15,18)19/h6-7,10-11H,2-5,8-9H2,1H3,(H,16,17). The number of thiophene rings is 1. The number of carbonyl (C=O) groups excluding carboxylic acids is 1. The lowest BCUT2D eigenvalue weighted by atomic mass is 9.84. The predicted molar refractivity (Wildman–Crippen MR) is 85.2 cm³/mol. The molecule has 21 heavy (non-hydrogen) atoms. The van der Waals surface area contributed by atoms with Gasteiger partial charge in [0.1, 0.15) is 4.21 Å². The van der Waals surface area contributed by atoms with Crippen LogP contribution in [0.1, 0.15) is 43.9 Å². The lowest BCUT2D eigenvalue weighted by Gasteiger charge is -2.29. The van der Waals surface area contributed by atoms with Gasteiger partial charge < -0.3 is 5.32 Å². The average Bonchev–Trinajstić information content (AvgIpc) is 2.87. The van der Waals surface area contributed by atoms with Gasteiger partial charge in [-0.15, -0.1) is 11.3 Å². The molecular weight excluding hydrogens is 330 g/mol. The molecule has 118 valence electrons. The molecule has 1 aliphatic rings. The van der Waals surface area contributed by atoms with Crippen molar-refractivity contribution in [1.82, 2.24) is 5.32 Å². The largest absolute Gasteiger partial charge is 0.353 e. The van der Waals surface area contributed by atoms with Gasteiger partial charge in [-0.25, -0.2) is 8.42 Å². The van der Waals surface area contributed by atoms with Gasteiger partial charge in [-0.3, -0.25) is 4.79 Å². The summed E-state index contributed by atoms with van der Waals surface area (Å²) in [4.78, 5) is 12.8. The van der Waals surface area contributed by atoms with Crippen LogP contribution in [-0.2, 0) is 20.3 Å². The highest BCUT2D eigenvalue weighted by atomic mass is 35.7. The SMILES string of the molecule is CCC1CCCC(NC(=O)Cc2ccc(S(=O)(=O)Cl)s2)C1. The molecule has 0 aromatic carbocycles. The molecular formula is C14H20ClNO3S2. The van der Waals surface area contributed by atoms with Crippen molar-refractivity contribution in [2.45, 2.75) is 55.7 Å². The zero-order valence-electron chi connectivity index (χ0n) is 12.0. The van der Waals surface area contributed by atoms with Gasteiger partial charge in [0.25, 0.3) is 9.05 Å². The van der Waals surface area contributed by atoms with Gasteiger partial charge in [0, 0.05) is 21.6 Å². The zero-order valence-corrected chi connectivity index (χ0v) is 14.4. The summed E-state index contributed by atoms with van der Waals surface area (Å²) in [7, 11) is 1.58. The number of rotatable bonds is 5. The summed E-state index contributed by atoms with van der Waals surface area (Å²) in [6, 6.07) is 3.35. The molecule has 0 bridgehead atoms. The van der Waals surface area contributed by atoms with Gasteiger partial charge in [0.05, 0.1) is 6.42 Å². The van der Waals surface area contributed by atoms with E-state index in [2.05, 4.69) is 12.2 Å². The number of amides is 1. The molecule has 2 rings (SSSR count). The van der Waals surface area contributed by atoms with Gasteiger partial charge >= 0.3 is 0 Å². The van der Waals surface area contributed by atoms with Crippen molar-refractivity contribution in [2.24, 2.45) is 5.92 Å². The molecule has 1 aliphatic carbocycles. The summed E-state index contributed by atoms with van der Waals surface area (Å²) in [6.45, 7) is 2.19. The van der Waals surface area contributed by atoms with Crippen LogP contribution in [0.5, 0.6) is 0 Å². The Morgan fingerprint density at radius 3 is 2.81 bits per heavy atom. The van der Waals surface area contributed by atoms with Crippen LogP contribution in [0.3, 0.4) is 0 Å². The molecule has 1 fully saturated rings. The van der Waals surface area contributed by atoms with Crippen LogP contribution < -0.4 is 5.32 Å². The summed E-state index contributed by atoms with van der Waals surface area (Å²) in [5, 5.41) is 3.06. The Hall–Kier alpha value is -0.590. The highest BCUT2D eigenvalue weighted by Gasteiger charge is 2.22. The maximum absolute atomic E-state index is 12.0. The number of nitrogens with one attached hydrogen (secondary N) is 1. The van der Waals surface area contributed by atoms with E-state index in [0.29, 0.717) is 5.92 Å². The van der Waals surface area contributed by atoms with Crippen LogP contribution in [0.25, 0.3) is 0 Å². The molecule has 0 radical (unpaired) electrons. The zero-order chi connectivity index (χ0) is 15.5. The number of hydrogen-bond acceptors (Lipinski definition) is 4. The van der Waals surface area contributed by atoms with Crippen molar-refractivity contribution in [3.8, 4) is 0 Å². The second kappa shape index (κ2) is 7.11. The van der Waals surface area contributed by atoms with Gasteiger partial charge in [-0.2, -0.15) is 0 Å². The van der Waals surface area contributed by atoms with Crippen molar-refractivity contribution in [1.29, 1.82) is 0 Å². The number of hydrogen-bond donors (Lipinski definition) is 1. The molecule has 1 aromatic rings. The molecule has 0 saturated heterocycles. The summed E-state index contributed by atoms with van der Waals surface area (Å²) in [5.74, 6) is 0.663. The molecule has 1 N–H and O–H groups in total. The van der Waals surface area contributed by atoms with Crippen molar-refractivity contribution in [3.63, 3.8) is 0 Å². The summed E-state index contributed by atoms with van der Waals surface area (Å²) >= 11 is 1.05. The molecule has 2 unspecified atom stereocenters. The third kappa shape index (κ3) is 4.97. The van der Waals surface area contributed by atoms with Gasteiger partial charge in [0.2, 0.25) is 5.91 Å². The molecule has 0 aliphatic heterocycles. The molecule has 1 heterocycles. The Balaban J connectivity index is 1.88. The highest BCUT2D eigenvalue weighted by Crippen LogP contribution is 2.27. The molecule has 0 spiro atoms. The minimum absolute atomic E-state index is 0.0443. The first kappa shape index (κ1) is 16.8. The Labute approximate surface area is 134 Å². The number of halogens is 1. The van der Waals surface area contributed by atoms with Crippen molar-refractivity contribution in [3.05, 3.63) is 17.0 Å². The lowest BCUT2D eigenvalue weighted by molar-refractivity contribution is -0.121. The normalized spacial score (nSPS) is 23.0. The minimum Gasteiger partial charge on any atom is -0.353 e. The summed E-state index contributed by atoms with van der Waals surface area (Å²) in [6.07, 6.45) is 5.88. The fourth-order valence-corrected chi connectivity index (χ4v) is 4.94. The Bertz CT molecular complexity index is 597. The lowest BCUT2D eigenvalue weighted by Crippen LogP contribution is -2.39. The third-order valence-electron chi connectivity index (χ3n) is 3.94. The van der Waals surface area contributed by atoms with Gasteiger partial charge in [-0.1, -0.05) is 26.2 Å². The fraction of sp³-hybridized carbons (Fsp3) is 0.643. The maximum atomic E-state index is 12.0. The van der Waals surface area contributed by atoms with E-state index in [1.807, 2.05) is 0 Å². The monoisotopic (exact) mass is 349 g/mol. The van der Waals surface area contributed by atoms with E-state index < -0.39 is 9.05 Å². The number of carbonyl (C=O) groups is 1. The molecule has 1 amide bonds. The van der Waals surface area contributed by atoms with E-state index in [-0.39, 0.29) is 22.6 Å². The third-order valence-corrected chi connectivity index (χ3v) is 7.12. The highest BCUT2D eigenvalue weighted by molar-refractivity contribution is 8.15. The van der Waals surface area contributed by atoms with Gasteiger partial charge in [-0.05, 0) is 30.9 Å². The molecule has 4 nitrogen and oxygen atoms in total. The topological polar surface area (TPSA) is 63.2 Å².